The van der Waals surface area contributed by atoms with Gasteiger partial charge in [-0.1, -0.05) is 25.5 Å². The van der Waals surface area contributed by atoms with Crippen molar-refractivity contribution in [3.05, 3.63) is 29.8 Å². The topological polar surface area (TPSA) is 78.5 Å². The number of piperidine rings is 1. The first-order chi connectivity index (χ1) is 12.6. The highest BCUT2D eigenvalue weighted by atomic mass is 32.2. The van der Waals surface area contributed by atoms with Gasteiger partial charge in [0, 0.05) is 37.3 Å². The first-order valence-corrected chi connectivity index (χ1v) is 10.8. The minimum Gasteiger partial charge on any atom is -0.335 e. The first-order valence-electron chi connectivity index (χ1n) is 9.15. The third-order valence-electron chi connectivity index (χ3n) is 4.59. The van der Waals surface area contributed by atoms with Gasteiger partial charge in [-0.25, -0.2) is 26.3 Å². The van der Waals surface area contributed by atoms with Crippen LogP contribution in [0, 0.1) is 0 Å². The summed E-state index contributed by atoms with van der Waals surface area (Å²) >= 11 is 0. The molecule has 2 N–H and O–H groups in total. The van der Waals surface area contributed by atoms with Crippen LogP contribution in [0.2, 0.25) is 0 Å². The molecule has 0 bridgehead atoms. The summed E-state index contributed by atoms with van der Waals surface area (Å²) in [6, 6.07) is 4.84. The van der Waals surface area contributed by atoms with Crippen LogP contribution in [0.3, 0.4) is 0 Å². The lowest BCUT2D eigenvalue weighted by molar-refractivity contribution is 0.0175. The molecule has 0 aliphatic carbocycles. The van der Waals surface area contributed by atoms with Gasteiger partial charge < -0.3 is 10.6 Å². The number of sulfonamides is 1. The van der Waals surface area contributed by atoms with Gasteiger partial charge in [-0.3, -0.25) is 0 Å². The Balaban J connectivity index is 1.81. The van der Waals surface area contributed by atoms with Crippen molar-refractivity contribution in [3.63, 3.8) is 0 Å². The second-order valence-electron chi connectivity index (χ2n) is 6.91. The summed E-state index contributed by atoms with van der Waals surface area (Å²) < 4.78 is 52.3. The molecular formula is C18H27F2N3O3S. The molecule has 9 heteroatoms. The minimum atomic E-state index is -3.22. The third-order valence-corrected chi connectivity index (χ3v) is 6.54. The predicted molar refractivity (Wildman–Crippen MR) is 101 cm³/mol. The molecule has 1 saturated heterocycles. The number of halogens is 2. The Morgan fingerprint density at radius 2 is 1.81 bits per heavy atom. The van der Waals surface area contributed by atoms with Crippen LogP contribution in [0.15, 0.2) is 24.3 Å². The highest BCUT2D eigenvalue weighted by molar-refractivity contribution is 7.89. The van der Waals surface area contributed by atoms with E-state index in [1.807, 2.05) is 6.92 Å². The van der Waals surface area contributed by atoms with Gasteiger partial charge in [-0.05, 0) is 31.4 Å². The fourth-order valence-electron chi connectivity index (χ4n) is 2.93. The van der Waals surface area contributed by atoms with Crippen LogP contribution in [0.25, 0.3) is 0 Å². The summed E-state index contributed by atoms with van der Waals surface area (Å²) in [5, 5.41) is 5.42. The Morgan fingerprint density at radius 3 is 2.33 bits per heavy atom. The normalized spacial score (nSPS) is 16.9. The number of hydrogen-bond donors (Lipinski definition) is 2. The van der Waals surface area contributed by atoms with E-state index in [0.29, 0.717) is 38.0 Å². The Bertz CT molecular complexity index is 725. The van der Waals surface area contributed by atoms with Crippen molar-refractivity contribution in [2.24, 2.45) is 0 Å². The number of amides is 2. The van der Waals surface area contributed by atoms with E-state index in [1.54, 1.807) is 0 Å². The maximum Gasteiger partial charge on any atom is 0.319 e. The van der Waals surface area contributed by atoms with E-state index in [2.05, 4.69) is 10.6 Å². The highest BCUT2D eigenvalue weighted by Gasteiger charge is 2.28. The minimum absolute atomic E-state index is 0.120. The van der Waals surface area contributed by atoms with Crippen molar-refractivity contribution in [3.8, 4) is 0 Å². The Kier molecular flexibility index (Phi) is 7.16. The average molecular weight is 403 g/mol. The fraction of sp³-hybridized carbons (Fsp3) is 0.611. The van der Waals surface area contributed by atoms with Gasteiger partial charge in [0.25, 0.3) is 5.92 Å². The number of hydrogen-bond acceptors (Lipinski definition) is 3. The summed E-state index contributed by atoms with van der Waals surface area (Å²) in [4.78, 5) is 12.1. The van der Waals surface area contributed by atoms with Crippen LogP contribution in [0.1, 0.15) is 45.1 Å². The molecule has 0 spiro atoms. The summed E-state index contributed by atoms with van der Waals surface area (Å²) in [7, 11) is -3.22. The Labute approximate surface area is 159 Å². The van der Waals surface area contributed by atoms with Crippen molar-refractivity contribution >= 4 is 21.7 Å². The molecule has 1 aromatic carbocycles. The lowest BCUT2D eigenvalue weighted by atomic mass is 10.1. The number of nitrogens with one attached hydrogen (secondary N) is 2. The van der Waals surface area contributed by atoms with E-state index in [4.69, 9.17) is 0 Å². The summed E-state index contributed by atoms with van der Waals surface area (Å²) in [5.74, 6) is -2.76. The van der Waals surface area contributed by atoms with Crippen LogP contribution < -0.4 is 10.6 Å². The van der Waals surface area contributed by atoms with E-state index in [-0.39, 0.29) is 17.4 Å². The van der Waals surface area contributed by atoms with Gasteiger partial charge in [0.05, 0.1) is 5.75 Å². The van der Waals surface area contributed by atoms with Crippen molar-refractivity contribution in [2.75, 3.05) is 24.2 Å². The zero-order valence-corrected chi connectivity index (χ0v) is 16.5. The lowest BCUT2D eigenvalue weighted by Crippen LogP contribution is -2.48. The number of alkyl halides is 2. The third kappa shape index (κ3) is 6.42. The average Bonchev–Trinajstić information content (AvgIpc) is 2.60. The van der Waals surface area contributed by atoms with Crippen LogP contribution in [-0.4, -0.2) is 43.6 Å². The standard InChI is InChI=1S/C18H27F2N3O3S/c1-3-4-13-27(25,26)23-11-9-16(10-12-23)22-17(24)21-15-7-5-14(6-8-15)18(2,19)20/h5-8,16H,3-4,9-13H2,1-2H3,(H2,21,22,24). The molecule has 1 aliphatic rings. The van der Waals surface area contributed by atoms with Crippen molar-refractivity contribution in [2.45, 2.75) is 51.5 Å². The second-order valence-corrected chi connectivity index (χ2v) is 9.00. The molecular weight excluding hydrogens is 376 g/mol. The molecule has 0 unspecified atom stereocenters. The number of benzene rings is 1. The van der Waals surface area contributed by atoms with Gasteiger partial charge in [0.15, 0.2) is 0 Å². The maximum atomic E-state index is 13.2. The highest BCUT2D eigenvalue weighted by Crippen LogP contribution is 2.27. The lowest BCUT2D eigenvalue weighted by Gasteiger charge is -2.31. The molecule has 2 rings (SSSR count). The molecule has 152 valence electrons. The zero-order valence-electron chi connectivity index (χ0n) is 15.7. The van der Waals surface area contributed by atoms with E-state index in [1.165, 1.54) is 28.6 Å². The molecule has 1 aromatic rings. The van der Waals surface area contributed by atoms with Crippen LogP contribution in [-0.2, 0) is 15.9 Å². The SMILES string of the molecule is CCCCS(=O)(=O)N1CCC(NC(=O)Nc2ccc(C(C)(F)F)cc2)CC1. The number of rotatable bonds is 7. The largest absolute Gasteiger partial charge is 0.335 e. The molecule has 27 heavy (non-hydrogen) atoms. The number of carbonyl (C=O) groups is 1. The first kappa shape index (κ1) is 21.6. The predicted octanol–water partition coefficient (Wildman–Crippen LogP) is 3.51. The molecule has 1 fully saturated rings. The number of carbonyl (C=O) groups excluding carboxylic acids is 1. The second kappa shape index (κ2) is 8.97. The van der Waals surface area contributed by atoms with Gasteiger partial charge in [0.1, 0.15) is 0 Å². The molecule has 0 aromatic heterocycles. The maximum absolute atomic E-state index is 13.2. The number of urea groups is 1. The van der Waals surface area contributed by atoms with E-state index < -0.39 is 22.0 Å². The molecule has 6 nitrogen and oxygen atoms in total. The van der Waals surface area contributed by atoms with E-state index in [9.17, 15) is 22.0 Å². The van der Waals surface area contributed by atoms with Crippen LogP contribution in [0.5, 0.6) is 0 Å². The van der Waals surface area contributed by atoms with Gasteiger partial charge in [0.2, 0.25) is 10.0 Å². The van der Waals surface area contributed by atoms with Gasteiger partial charge in [-0.15, -0.1) is 0 Å². The van der Waals surface area contributed by atoms with Crippen molar-refractivity contribution < 1.29 is 22.0 Å². The summed E-state index contributed by atoms with van der Waals surface area (Å²) in [6.07, 6.45) is 2.56. The van der Waals surface area contributed by atoms with Crippen molar-refractivity contribution in [1.82, 2.24) is 9.62 Å². The monoisotopic (exact) mass is 403 g/mol. The van der Waals surface area contributed by atoms with Crippen LogP contribution in [0.4, 0.5) is 19.3 Å². The number of anilines is 1. The quantitative estimate of drug-likeness (QED) is 0.731. The van der Waals surface area contributed by atoms with E-state index in [0.717, 1.165) is 13.3 Å². The summed E-state index contributed by atoms with van der Waals surface area (Å²) in [6.45, 7) is 3.54. The molecule has 1 aliphatic heterocycles. The fourth-order valence-corrected chi connectivity index (χ4v) is 4.61. The molecule has 1 heterocycles. The van der Waals surface area contributed by atoms with Gasteiger partial charge >= 0.3 is 6.03 Å². The Morgan fingerprint density at radius 1 is 1.22 bits per heavy atom. The number of nitrogens with zero attached hydrogens (tertiary/aromatic N) is 1. The van der Waals surface area contributed by atoms with Crippen molar-refractivity contribution in [1.29, 1.82) is 0 Å². The smallest absolute Gasteiger partial charge is 0.319 e. The number of unbranched alkanes of at least 4 members (excludes halogenated alkanes) is 1. The molecule has 2 amide bonds. The summed E-state index contributed by atoms with van der Waals surface area (Å²) in [5.41, 5.74) is 0.296. The Hall–Kier alpha value is -1.74. The molecule has 0 atom stereocenters. The molecule has 0 radical (unpaired) electrons. The van der Waals surface area contributed by atoms with Crippen LogP contribution >= 0.6 is 0 Å². The van der Waals surface area contributed by atoms with E-state index >= 15 is 0 Å². The van der Waals surface area contributed by atoms with Gasteiger partial charge in [-0.2, -0.15) is 0 Å². The zero-order chi connectivity index (χ0) is 20.1. The molecule has 0 saturated carbocycles.